The molecule has 6 nitrogen and oxygen atoms in total. The second kappa shape index (κ2) is 10.4. The molecular formula is C25H25NO5. The first-order valence-electron chi connectivity index (χ1n) is 10.1. The van der Waals surface area contributed by atoms with Gasteiger partial charge in [-0.25, -0.2) is 0 Å². The smallest absolute Gasteiger partial charge is 0.303 e. The average Bonchev–Trinajstić information content (AvgIpc) is 2.74. The zero-order valence-electron chi connectivity index (χ0n) is 17.6. The lowest BCUT2D eigenvalue weighted by molar-refractivity contribution is -0.137. The second-order valence-corrected chi connectivity index (χ2v) is 7.32. The number of pyridine rings is 1. The topological polar surface area (TPSA) is 85.7 Å². The fourth-order valence-corrected chi connectivity index (χ4v) is 3.13. The number of benzene rings is 2. The van der Waals surface area contributed by atoms with Crippen molar-refractivity contribution in [2.45, 2.75) is 39.7 Å². The Hall–Kier alpha value is -3.67. The lowest BCUT2D eigenvalue weighted by Crippen LogP contribution is -2.02. The zero-order valence-corrected chi connectivity index (χ0v) is 17.6. The highest BCUT2D eigenvalue weighted by molar-refractivity contribution is 5.97. The number of carboxylic acids is 1. The molecule has 160 valence electrons. The summed E-state index contributed by atoms with van der Waals surface area (Å²) >= 11 is 0. The van der Waals surface area contributed by atoms with Crippen molar-refractivity contribution in [3.05, 3.63) is 83.2 Å². The van der Waals surface area contributed by atoms with Crippen LogP contribution in [0.3, 0.4) is 0 Å². The lowest BCUT2D eigenvalue weighted by Gasteiger charge is -2.15. The molecule has 0 unspecified atom stereocenters. The largest absolute Gasteiger partial charge is 0.489 e. The molecule has 0 fully saturated rings. The van der Waals surface area contributed by atoms with Crippen molar-refractivity contribution in [1.29, 1.82) is 0 Å². The van der Waals surface area contributed by atoms with Crippen molar-refractivity contribution in [3.63, 3.8) is 0 Å². The molecule has 0 radical (unpaired) electrons. The van der Waals surface area contributed by atoms with E-state index in [0.29, 0.717) is 42.3 Å². The van der Waals surface area contributed by atoms with Crippen molar-refractivity contribution in [2.24, 2.45) is 0 Å². The predicted octanol–water partition coefficient (Wildman–Crippen LogP) is 5.37. The summed E-state index contributed by atoms with van der Waals surface area (Å²) < 4.78 is 12.0. The molecule has 0 aliphatic carbocycles. The van der Waals surface area contributed by atoms with Crippen LogP contribution in [0, 0.1) is 6.92 Å². The third-order valence-corrected chi connectivity index (χ3v) is 4.74. The summed E-state index contributed by atoms with van der Waals surface area (Å²) in [6, 6.07) is 14.7. The van der Waals surface area contributed by atoms with Crippen LogP contribution in [-0.4, -0.2) is 21.8 Å². The third-order valence-electron chi connectivity index (χ3n) is 4.74. The van der Waals surface area contributed by atoms with Gasteiger partial charge in [-0.1, -0.05) is 18.2 Å². The number of aliphatic carboxylic acids is 1. The standard InChI is InChI=1S/C25H25NO5/c1-17-8-9-20(6-3-7-25(28)29)23(13-17)31-24-14-21(10-11-22(24)18(2)27)30-16-19-5-4-12-26-15-19/h4-5,8-15H,3,6-7,16H2,1-2H3,(H,28,29). The summed E-state index contributed by atoms with van der Waals surface area (Å²) in [6.45, 7) is 3.78. The van der Waals surface area contributed by atoms with Crippen LogP contribution in [0.5, 0.6) is 17.2 Å². The molecule has 0 bridgehead atoms. The molecular weight excluding hydrogens is 394 g/mol. The predicted molar refractivity (Wildman–Crippen MR) is 117 cm³/mol. The normalized spacial score (nSPS) is 10.5. The molecule has 0 saturated carbocycles. The van der Waals surface area contributed by atoms with E-state index in [1.807, 2.05) is 37.3 Å². The van der Waals surface area contributed by atoms with Gasteiger partial charge in [0.05, 0.1) is 5.56 Å². The Kier molecular flexibility index (Phi) is 7.38. The number of Topliss-reactive ketones (excluding diaryl/α,β-unsaturated/α-hetero) is 1. The molecule has 3 aromatic rings. The molecule has 1 N–H and O–H groups in total. The molecule has 0 atom stereocenters. The number of carbonyl (C=O) groups excluding carboxylic acids is 1. The van der Waals surface area contributed by atoms with Gasteiger partial charge in [-0.2, -0.15) is 0 Å². The molecule has 0 amide bonds. The van der Waals surface area contributed by atoms with Crippen molar-refractivity contribution in [1.82, 2.24) is 4.98 Å². The van der Waals surface area contributed by atoms with Gasteiger partial charge in [0.25, 0.3) is 0 Å². The maximum atomic E-state index is 12.2. The van der Waals surface area contributed by atoms with Crippen molar-refractivity contribution < 1.29 is 24.2 Å². The van der Waals surface area contributed by atoms with Crippen molar-refractivity contribution in [2.75, 3.05) is 0 Å². The number of aryl methyl sites for hydroxylation is 2. The molecule has 6 heteroatoms. The summed E-state index contributed by atoms with van der Waals surface area (Å²) in [5.74, 6) is 0.642. The van der Waals surface area contributed by atoms with Gasteiger partial charge in [-0.3, -0.25) is 14.6 Å². The van der Waals surface area contributed by atoms with Gasteiger partial charge in [0, 0.05) is 30.4 Å². The van der Waals surface area contributed by atoms with Crippen molar-refractivity contribution >= 4 is 11.8 Å². The Bertz CT molecular complexity index is 1060. The van der Waals surface area contributed by atoms with Crippen LogP contribution < -0.4 is 9.47 Å². The molecule has 3 rings (SSSR count). The minimum Gasteiger partial charge on any atom is -0.489 e. The summed E-state index contributed by atoms with van der Waals surface area (Å²) in [4.78, 5) is 27.1. The number of hydrogen-bond donors (Lipinski definition) is 1. The van der Waals surface area contributed by atoms with E-state index in [2.05, 4.69) is 4.98 Å². The maximum Gasteiger partial charge on any atom is 0.303 e. The molecule has 2 aromatic carbocycles. The van der Waals surface area contributed by atoms with Crippen LogP contribution >= 0.6 is 0 Å². The summed E-state index contributed by atoms with van der Waals surface area (Å²) in [5, 5.41) is 8.91. The van der Waals surface area contributed by atoms with Crippen LogP contribution in [0.2, 0.25) is 0 Å². The Balaban J connectivity index is 1.84. The summed E-state index contributed by atoms with van der Waals surface area (Å²) in [7, 11) is 0. The molecule has 0 saturated heterocycles. The van der Waals surface area contributed by atoms with E-state index in [9.17, 15) is 9.59 Å². The van der Waals surface area contributed by atoms with Gasteiger partial charge in [-0.15, -0.1) is 0 Å². The molecule has 31 heavy (non-hydrogen) atoms. The van der Waals surface area contributed by atoms with E-state index >= 15 is 0 Å². The molecule has 0 aliphatic heterocycles. The minimum absolute atomic E-state index is 0.0870. The van der Waals surface area contributed by atoms with Crippen molar-refractivity contribution in [3.8, 4) is 17.2 Å². The Labute approximate surface area is 181 Å². The molecule has 1 heterocycles. The first-order chi connectivity index (χ1) is 14.9. The lowest BCUT2D eigenvalue weighted by atomic mass is 10.0. The Morgan fingerprint density at radius 3 is 2.61 bits per heavy atom. The SMILES string of the molecule is CC(=O)c1ccc(OCc2cccnc2)cc1Oc1cc(C)ccc1CCCC(=O)O. The van der Waals surface area contributed by atoms with Gasteiger partial charge in [0.1, 0.15) is 23.9 Å². The average molecular weight is 419 g/mol. The van der Waals surface area contributed by atoms with Crippen LogP contribution in [-0.2, 0) is 17.8 Å². The zero-order chi connectivity index (χ0) is 22.2. The van der Waals surface area contributed by atoms with Gasteiger partial charge < -0.3 is 14.6 Å². The van der Waals surface area contributed by atoms with E-state index in [1.54, 1.807) is 30.6 Å². The van der Waals surface area contributed by atoms with Gasteiger partial charge in [0.2, 0.25) is 0 Å². The highest BCUT2D eigenvalue weighted by Crippen LogP contribution is 2.33. The highest BCUT2D eigenvalue weighted by atomic mass is 16.5. The monoisotopic (exact) mass is 419 g/mol. The van der Waals surface area contributed by atoms with E-state index in [4.69, 9.17) is 14.6 Å². The van der Waals surface area contributed by atoms with Gasteiger partial charge in [-0.05, 0) is 62.1 Å². The van der Waals surface area contributed by atoms with Crippen LogP contribution in [0.4, 0.5) is 0 Å². The molecule has 1 aromatic heterocycles. The van der Waals surface area contributed by atoms with Crippen LogP contribution in [0.15, 0.2) is 60.9 Å². The van der Waals surface area contributed by atoms with E-state index in [0.717, 1.165) is 16.7 Å². The minimum atomic E-state index is -0.827. The fraction of sp³-hybridized carbons (Fsp3) is 0.240. The van der Waals surface area contributed by atoms with E-state index < -0.39 is 5.97 Å². The Morgan fingerprint density at radius 1 is 1.06 bits per heavy atom. The highest BCUT2D eigenvalue weighted by Gasteiger charge is 2.14. The second-order valence-electron chi connectivity index (χ2n) is 7.32. The number of carboxylic acid groups (broad SMARTS) is 1. The first kappa shape index (κ1) is 22.0. The third kappa shape index (κ3) is 6.40. The van der Waals surface area contributed by atoms with E-state index in [1.165, 1.54) is 6.92 Å². The summed E-state index contributed by atoms with van der Waals surface area (Å²) in [5.41, 5.74) is 3.28. The number of hydrogen-bond acceptors (Lipinski definition) is 5. The first-order valence-corrected chi connectivity index (χ1v) is 10.1. The quantitative estimate of drug-likeness (QED) is 0.445. The summed E-state index contributed by atoms with van der Waals surface area (Å²) in [6.07, 6.45) is 4.59. The number of ketones is 1. The molecule has 0 aliphatic rings. The number of carbonyl (C=O) groups is 2. The fourth-order valence-electron chi connectivity index (χ4n) is 3.13. The van der Waals surface area contributed by atoms with Gasteiger partial charge in [0.15, 0.2) is 5.78 Å². The van der Waals surface area contributed by atoms with Gasteiger partial charge >= 0.3 is 5.97 Å². The van der Waals surface area contributed by atoms with Crippen LogP contribution in [0.25, 0.3) is 0 Å². The number of nitrogens with zero attached hydrogens (tertiary/aromatic N) is 1. The number of aromatic nitrogens is 1. The van der Waals surface area contributed by atoms with E-state index in [-0.39, 0.29) is 12.2 Å². The number of rotatable bonds is 10. The van der Waals surface area contributed by atoms with Crippen LogP contribution in [0.1, 0.15) is 46.8 Å². The number of ether oxygens (including phenoxy) is 2. The maximum absolute atomic E-state index is 12.2. The Morgan fingerprint density at radius 2 is 1.90 bits per heavy atom. The molecule has 0 spiro atoms.